The molecule has 1 N–H and O–H groups in total. The van der Waals surface area contributed by atoms with Crippen molar-refractivity contribution in [3.8, 4) is 0 Å². The molecule has 2 aromatic heterocycles. The third-order valence-corrected chi connectivity index (χ3v) is 3.18. The van der Waals surface area contributed by atoms with Crippen molar-refractivity contribution in [2.75, 3.05) is 5.32 Å². The summed E-state index contributed by atoms with van der Waals surface area (Å²) in [5.74, 6) is -0.213. The van der Waals surface area contributed by atoms with Crippen LogP contribution in [0.25, 0.3) is 10.8 Å². The van der Waals surface area contributed by atoms with Gasteiger partial charge in [-0.3, -0.25) is 4.98 Å². The number of anilines is 2. The predicted octanol–water partition coefficient (Wildman–Crippen LogP) is 4.28. The average Bonchev–Trinajstić information content (AvgIpc) is 2.42. The van der Waals surface area contributed by atoms with Crippen LogP contribution in [0.3, 0.4) is 0 Å². The van der Waals surface area contributed by atoms with E-state index in [0.717, 1.165) is 16.5 Å². The number of nitrogens with zero attached hydrogens (tertiary/aromatic N) is 2. The molecule has 19 heavy (non-hydrogen) atoms. The number of nitrogens with one attached hydrogen (secondary N) is 1. The fraction of sp³-hybridized carbons (Fsp3) is 0. The zero-order valence-corrected chi connectivity index (χ0v) is 11.4. The van der Waals surface area contributed by atoms with Gasteiger partial charge in [-0.1, -0.05) is 12.1 Å². The second-order valence-corrected chi connectivity index (χ2v) is 4.93. The first-order valence-corrected chi connectivity index (χ1v) is 6.44. The minimum absolute atomic E-state index is 0.194. The normalized spacial score (nSPS) is 10.6. The Bertz CT molecular complexity index is 740. The standard InChI is InChI=1S/C14H9BrFN3/c15-10-6-12(16)14(18-7-10)19-13-3-1-2-9-4-5-17-8-11(9)13/h1-8H,(H,18,19). The molecule has 0 aliphatic rings. The fourth-order valence-electron chi connectivity index (χ4n) is 1.86. The first kappa shape index (κ1) is 12.0. The fourth-order valence-corrected chi connectivity index (χ4v) is 2.16. The Labute approximate surface area is 117 Å². The molecule has 0 radical (unpaired) electrons. The van der Waals surface area contributed by atoms with Crippen molar-refractivity contribution in [1.29, 1.82) is 0 Å². The van der Waals surface area contributed by atoms with Gasteiger partial charge in [0.15, 0.2) is 11.6 Å². The van der Waals surface area contributed by atoms with E-state index < -0.39 is 5.82 Å². The molecule has 0 unspecified atom stereocenters. The van der Waals surface area contributed by atoms with E-state index in [1.54, 1.807) is 18.6 Å². The maximum atomic E-state index is 13.8. The Hall–Kier alpha value is -2.01. The maximum Gasteiger partial charge on any atom is 0.166 e. The van der Waals surface area contributed by atoms with Crippen LogP contribution in [0.1, 0.15) is 0 Å². The van der Waals surface area contributed by atoms with E-state index in [1.807, 2.05) is 24.3 Å². The summed E-state index contributed by atoms with van der Waals surface area (Å²) >= 11 is 3.18. The molecule has 0 aliphatic carbocycles. The summed E-state index contributed by atoms with van der Waals surface area (Å²) in [5, 5.41) is 4.96. The van der Waals surface area contributed by atoms with Crippen molar-refractivity contribution < 1.29 is 4.39 Å². The summed E-state index contributed by atoms with van der Waals surface area (Å²) in [7, 11) is 0. The van der Waals surface area contributed by atoms with Crippen LogP contribution in [0, 0.1) is 5.82 Å². The zero-order chi connectivity index (χ0) is 13.2. The van der Waals surface area contributed by atoms with Crippen molar-refractivity contribution in [2.45, 2.75) is 0 Å². The highest BCUT2D eigenvalue weighted by atomic mass is 79.9. The van der Waals surface area contributed by atoms with Gasteiger partial charge in [0.25, 0.3) is 0 Å². The monoisotopic (exact) mass is 317 g/mol. The predicted molar refractivity (Wildman–Crippen MR) is 76.9 cm³/mol. The highest BCUT2D eigenvalue weighted by molar-refractivity contribution is 9.10. The molecule has 3 aromatic rings. The van der Waals surface area contributed by atoms with E-state index in [2.05, 4.69) is 31.2 Å². The molecule has 0 spiro atoms. The number of halogens is 2. The molecular weight excluding hydrogens is 309 g/mol. The van der Waals surface area contributed by atoms with Gasteiger partial charge < -0.3 is 5.32 Å². The summed E-state index contributed by atoms with van der Waals surface area (Å²) in [6.45, 7) is 0. The van der Waals surface area contributed by atoms with Crippen LogP contribution in [-0.4, -0.2) is 9.97 Å². The Morgan fingerprint density at radius 1 is 1.16 bits per heavy atom. The van der Waals surface area contributed by atoms with Crippen molar-refractivity contribution in [3.05, 3.63) is 59.2 Å². The van der Waals surface area contributed by atoms with Gasteiger partial charge in [-0.15, -0.1) is 0 Å². The van der Waals surface area contributed by atoms with E-state index >= 15 is 0 Å². The van der Waals surface area contributed by atoms with Crippen LogP contribution in [0.5, 0.6) is 0 Å². The second-order valence-electron chi connectivity index (χ2n) is 4.01. The number of hydrogen-bond acceptors (Lipinski definition) is 3. The molecule has 0 bridgehead atoms. The third kappa shape index (κ3) is 2.42. The van der Waals surface area contributed by atoms with Crippen LogP contribution in [-0.2, 0) is 0 Å². The average molecular weight is 318 g/mol. The first-order chi connectivity index (χ1) is 9.24. The number of hydrogen-bond donors (Lipinski definition) is 1. The highest BCUT2D eigenvalue weighted by Crippen LogP contribution is 2.26. The quantitative estimate of drug-likeness (QED) is 0.766. The largest absolute Gasteiger partial charge is 0.337 e. The topological polar surface area (TPSA) is 37.8 Å². The molecule has 0 saturated carbocycles. The van der Waals surface area contributed by atoms with Crippen molar-refractivity contribution in [3.63, 3.8) is 0 Å². The van der Waals surface area contributed by atoms with Gasteiger partial charge in [0.1, 0.15) is 0 Å². The van der Waals surface area contributed by atoms with Gasteiger partial charge >= 0.3 is 0 Å². The van der Waals surface area contributed by atoms with Gasteiger partial charge in [0.05, 0.1) is 0 Å². The minimum atomic E-state index is -0.407. The molecule has 2 heterocycles. The van der Waals surface area contributed by atoms with E-state index in [1.165, 1.54) is 6.07 Å². The maximum absolute atomic E-state index is 13.8. The van der Waals surface area contributed by atoms with Crippen molar-refractivity contribution in [2.24, 2.45) is 0 Å². The van der Waals surface area contributed by atoms with Gasteiger partial charge in [-0.05, 0) is 39.5 Å². The van der Waals surface area contributed by atoms with Crippen molar-refractivity contribution >= 4 is 38.2 Å². The summed E-state index contributed by atoms with van der Waals surface area (Å²) < 4.78 is 14.4. The molecule has 0 atom stereocenters. The van der Waals surface area contributed by atoms with E-state index in [9.17, 15) is 4.39 Å². The number of aromatic nitrogens is 2. The van der Waals surface area contributed by atoms with E-state index in [4.69, 9.17) is 0 Å². The molecular formula is C14H9BrFN3. The molecule has 0 aliphatic heterocycles. The number of benzene rings is 1. The van der Waals surface area contributed by atoms with E-state index in [0.29, 0.717) is 4.47 Å². The van der Waals surface area contributed by atoms with Crippen LogP contribution >= 0.6 is 15.9 Å². The first-order valence-electron chi connectivity index (χ1n) is 5.65. The Morgan fingerprint density at radius 2 is 2.05 bits per heavy atom. The van der Waals surface area contributed by atoms with Gasteiger partial charge in [-0.2, -0.15) is 0 Å². The second kappa shape index (κ2) is 4.93. The highest BCUT2D eigenvalue weighted by Gasteiger charge is 2.07. The third-order valence-electron chi connectivity index (χ3n) is 2.74. The number of pyridine rings is 2. The van der Waals surface area contributed by atoms with Gasteiger partial charge in [0, 0.05) is 34.1 Å². The molecule has 0 fully saturated rings. The van der Waals surface area contributed by atoms with Crippen molar-refractivity contribution in [1.82, 2.24) is 9.97 Å². The lowest BCUT2D eigenvalue weighted by molar-refractivity contribution is 0.625. The molecule has 3 rings (SSSR count). The van der Waals surface area contributed by atoms with Gasteiger partial charge in [0.2, 0.25) is 0 Å². The summed E-state index contributed by atoms with van der Waals surface area (Å²) in [4.78, 5) is 8.12. The lowest BCUT2D eigenvalue weighted by Gasteiger charge is -2.09. The molecule has 5 heteroatoms. The Morgan fingerprint density at radius 3 is 2.89 bits per heavy atom. The zero-order valence-electron chi connectivity index (χ0n) is 9.77. The minimum Gasteiger partial charge on any atom is -0.337 e. The van der Waals surface area contributed by atoms with Crippen LogP contribution in [0.2, 0.25) is 0 Å². The molecule has 1 aromatic carbocycles. The van der Waals surface area contributed by atoms with Crippen LogP contribution in [0.15, 0.2) is 53.4 Å². The summed E-state index contributed by atoms with van der Waals surface area (Å²) in [6.07, 6.45) is 5.02. The SMILES string of the molecule is Fc1cc(Br)cnc1Nc1cccc2ccncc12. The number of rotatable bonds is 2. The lowest BCUT2D eigenvalue weighted by Crippen LogP contribution is -1.97. The summed E-state index contributed by atoms with van der Waals surface area (Å²) in [5.41, 5.74) is 0.777. The molecule has 0 amide bonds. The smallest absolute Gasteiger partial charge is 0.166 e. The summed E-state index contributed by atoms with van der Waals surface area (Å²) in [6, 6.07) is 9.03. The molecule has 3 nitrogen and oxygen atoms in total. The Balaban J connectivity index is 2.06. The number of fused-ring (bicyclic) bond motifs is 1. The van der Waals surface area contributed by atoms with Gasteiger partial charge in [-0.25, -0.2) is 9.37 Å². The van der Waals surface area contributed by atoms with Crippen LogP contribution in [0.4, 0.5) is 15.9 Å². The molecule has 0 saturated heterocycles. The molecule has 94 valence electrons. The Kier molecular flexibility index (Phi) is 3.13. The van der Waals surface area contributed by atoms with Crippen LogP contribution < -0.4 is 5.32 Å². The van der Waals surface area contributed by atoms with E-state index in [-0.39, 0.29) is 5.82 Å². The lowest BCUT2D eigenvalue weighted by atomic mass is 10.1.